The lowest BCUT2D eigenvalue weighted by Crippen LogP contribution is -2.38. The van der Waals surface area contributed by atoms with E-state index < -0.39 is 0 Å². The zero-order valence-corrected chi connectivity index (χ0v) is 19.2. The van der Waals surface area contributed by atoms with Crippen LogP contribution in [0.1, 0.15) is 50.2 Å². The standard InChI is InChI=1S/C23H31N3O.HI/c1-3-18(2)19-9-11-21(12-10-19)26-22(24)25-17-23(13-15-27-16-14-23)20-7-5-4-6-8-20;/h4-12,18H,3,13-17H2,1-2H3,(H3,24,25,26);1H. The van der Waals surface area contributed by atoms with Crippen molar-refractivity contribution in [1.82, 2.24) is 0 Å². The van der Waals surface area contributed by atoms with Crippen molar-refractivity contribution in [1.29, 1.82) is 0 Å². The van der Waals surface area contributed by atoms with E-state index in [1.165, 1.54) is 11.1 Å². The molecule has 0 saturated carbocycles. The predicted octanol–water partition coefficient (Wildman–Crippen LogP) is 5.29. The molecule has 0 aliphatic carbocycles. The summed E-state index contributed by atoms with van der Waals surface area (Å²) in [4.78, 5) is 4.69. The van der Waals surface area contributed by atoms with Crippen LogP contribution < -0.4 is 11.1 Å². The molecule has 0 amide bonds. The Balaban J connectivity index is 0.00000280. The van der Waals surface area contributed by atoms with Gasteiger partial charge in [0.05, 0.1) is 6.54 Å². The maximum absolute atomic E-state index is 6.19. The number of anilines is 1. The van der Waals surface area contributed by atoms with Crippen LogP contribution in [0.5, 0.6) is 0 Å². The zero-order chi connectivity index (χ0) is 19.1. The van der Waals surface area contributed by atoms with Crippen LogP contribution in [0.15, 0.2) is 59.6 Å². The van der Waals surface area contributed by atoms with Crippen molar-refractivity contribution >= 4 is 35.6 Å². The summed E-state index contributed by atoms with van der Waals surface area (Å²) in [6, 6.07) is 19.1. The highest BCUT2D eigenvalue weighted by Gasteiger charge is 2.34. The van der Waals surface area contributed by atoms with Crippen LogP contribution in [0.2, 0.25) is 0 Å². The largest absolute Gasteiger partial charge is 0.381 e. The fourth-order valence-electron chi connectivity index (χ4n) is 3.65. The second-order valence-electron chi connectivity index (χ2n) is 7.52. The van der Waals surface area contributed by atoms with E-state index in [9.17, 15) is 0 Å². The third-order valence-electron chi connectivity index (χ3n) is 5.75. The lowest BCUT2D eigenvalue weighted by Gasteiger charge is -2.36. The molecule has 0 spiro atoms. The number of hydrogen-bond acceptors (Lipinski definition) is 2. The number of rotatable bonds is 6. The van der Waals surface area contributed by atoms with Crippen molar-refractivity contribution in [3.05, 3.63) is 65.7 Å². The first-order valence-electron chi connectivity index (χ1n) is 9.93. The van der Waals surface area contributed by atoms with Gasteiger partial charge < -0.3 is 15.8 Å². The number of benzene rings is 2. The van der Waals surface area contributed by atoms with E-state index >= 15 is 0 Å². The van der Waals surface area contributed by atoms with E-state index in [0.717, 1.165) is 38.2 Å². The second-order valence-corrected chi connectivity index (χ2v) is 7.52. The van der Waals surface area contributed by atoms with Crippen LogP contribution in [0.3, 0.4) is 0 Å². The number of nitrogens with one attached hydrogen (secondary N) is 1. The minimum Gasteiger partial charge on any atom is -0.381 e. The first-order chi connectivity index (χ1) is 13.1. The number of nitrogens with zero attached hydrogens (tertiary/aromatic N) is 1. The van der Waals surface area contributed by atoms with Gasteiger partial charge in [0.2, 0.25) is 0 Å². The molecule has 1 fully saturated rings. The third-order valence-corrected chi connectivity index (χ3v) is 5.75. The molecule has 5 heteroatoms. The number of halogens is 1. The number of aliphatic imine (C=N–C) groups is 1. The second kappa shape index (κ2) is 10.8. The highest BCUT2D eigenvalue weighted by atomic mass is 127. The molecule has 2 aromatic carbocycles. The van der Waals surface area contributed by atoms with Crippen molar-refractivity contribution in [2.45, 2.75) is 44.4 Å². The van der Waals surface area contributed by atoms with Crippen LogP contribution >= 0.6 is 24.0 Å². The number of nitrogens with two attached hydrogens (primary N) is 1. The molecule has 28 heavy (non-hydrogen) atoms. The Labute approximate surface area is 186 Å². The van der Waals surface area contributed by atoms with Gasteiger partial charge in [-0.2, -0.15) is 0 Å². The van der Waals surface area contributed by atoms with Crippen molar-refractivity contribution in [3.63, 3.8) is 0 Å². The number of hydrogen-bond donors (Lipinski definition) is 2. The molecule has 1 aliphatic heterocycles. The van der Waals surface area contributed by atoms with Crippen LogP contribution in [-0.4, -0.2) is 25.7 Å². The highest BCUT2D eigenvalue weighted by molar-refractivity contribution is 14.0. The first-order valence-corrected chi connectivity index (χ1v) is 9.93. The normalized spacial score (nSPS) is 17.4. The van der Waals surface area contributed by atoms with Gasteiger partial charge in [0.15, 0.2) is 5.96 Å². The maximum Gasteiger partial charge on any atom is 0.193 e. The SMILES string of the molecule is CCC(C)c1ccc(NC(N)=NCC2(c3ccccc3)CCOCC2)cc1.I. The molecule has 0 radical (unpaired) electrons. The lowest BCUT2D eigenvalue weighted by atomic mass is 9.74. The summed E-state index contributed by atoms with van der Waals surface area (Å²) in [5, 5.41) is 3.23. The predicted molar refractivity (Wildman–Crippen MR) is 129 cm³/mol. The molecule has 1 unspecified atom stereocenters. The van der Waals surface area contributed by atoms with Gasteiger partial charge in [-0.15, -0.1) is 24.0 Å². The Morgan fingerprint density at radius 1 is 1.11 bits per heavy atom. The van der Waals surface area contributed by atoms with Crippen LogP contribution in [0, 0.1) is 0 Å². The summed E-state index contributed by atoms with van der Waals surface area (Å²) in [5.41, 5.74) is 9.85. The number of ether oxygens (including phenoxy) is 1. The summed E-state index contributed by atoms with van der Waals surface area (Å²) in [7, 11) is 0. The van der Waals surface area contributed by atoms with E-state index in [1.54, 1.807) is 0 Å². The smallest absolute Gasteiger partial charge is 0.193 e. The molecule has 0 aromatic heterocycles. The highest BCUT2D eigenvalue weighted by Crippen LogP contribution is 2.35. The molecular formula is C23H32IN3O. The topological polar surface area (TPSA) is 59.6 Å². The Morgan fingerprint density at radius 3 is 2.36 bits per heavy atom. The van der Waals surface area contributed by atoms with Crippen molar-refractivity contribution in [2.75, 3.05) is 25.1 Å². The summed E-state index contributed by atoms with van der Waals surface area (Å²) in [5.74, 6) is 1.04. The molecule has 1 aliphatic rings. The third kappa shape index (κ3) is 5.70. The first kappa shape index (κ1) is 22.7. The quantitative estimate of drug-likeness (QED) is 0.327. The van der Waals surface area contributed by atoms with Crippen LogP contribution in [0.4, 0.5) is 5.69 Å². The number of guanidine groups is 1. The molecule has 1 saturated heterocycles. The molecule has 1 atom stereocenters. The average Bonchev–Trinajstić information content (AvgIpc) is 2.73. The Morgan fingerprint density at radius 2 is 1.75 bits per heavy atom. The Hall–Kier alpha value is -1.60. The van der Waals surface area contributed by atoms with E-state index in [4.69, 9.17) is 15.5 Å². The Kier molecular flexibility index (Phi) is 8.76. The van der Waals surface area contributed by atoms with Crippen molar-refractivity contribution < 1.29 is 4.74 Å². The van der Waals surface area contributed by atoms with Gasteiger partial charge in [-0.05, 0) is 48.4 Å². The molecule has 152 valence electrons. The molecule has 3 rings (SSSR count). The Bertz CT molecular complexity index is 740. The fourth-order valence-corrected chi connectivity index (χ4v) is 3.65. The van der Waals surface area contributed by atoms with E-state index in [1.807, 2.05) is 0 Å². The summed E-state index contributed by atoms with van der Waals surface area (Å²) >= 11 is 0. The summed E-state index contributed by atoms with van der Waals surface area (Å²) < 4.78 is 5.59. The summed E-state index contributed by atoms with van der Waals surface area (Å²) in [6.45, 7) is 6.67. The van der Waals surface area contributed by atoms with Crippen molar-refractivity contribution in [2.24, 2.45) is 10.7 Å². The van der Waals surface area contributed by atoms with Crippen LogP contribution in [-0.2, 0) is 10.2 Å². The molecule has 1 heterocycles. The minimum absolute atomic E-state index is 0. The van der Waals surface area contributed by atoms with E-state index in [-0.39, 0.29) is 29.4 Å². The van der Waals surface area contributed by atoms with Gasteiger partial charge in [-0.3, -0.25) is 4.99 Å². The van der Waals surface area contributed by atoms with Gasteiger partial charge in [-0.1, -0.05) is 56.3 Å². The van der Waals surface area contributed by atoms with Crippen LogP contribution in [0.25, 0.3) is 0 Å². The van der Waals surface area contributed by atoms with Gasteiger partial charge in [0.1, 0.15) is 0 Å². The lowest BCUT2D eigenvalue weighted by molar-refractivity contribution is 0.0531. The molecule has 4 nitrogen and oxygen atoms in total. The minimum atomic E-state index is 0. The average molecular weight is 493 g/mol. The monoisotopic (exact) mass is 493 g/mol. The van der Waals surface area contributed by atoms with E-state index in [0.29, 0.717) is 18.4 Å². The molecule has 0 bridgehead atoms. The van der Waals surface area contributed by atoms with Gasteiger partial charge in [0, 0.05) is 24.3 Å². The molecule has 2 aromatic rings. The zero-order valence-electron chi connectivity index (χ0n) is 16.9. The maximum atomic E-state index is 6.19. The molecular weight excluding hydrogens is 461 g/mol. The van der Waals surface area contributed by atoms with Gasteiger partial charge >= 0.3 is 0 Å². The van der Waals surface area contributed by atoms with Gasteiger partial charge in [0.25, 0.3) is 0 Å². The van der Waals surface area contributed by atoms with Crippen molar-refractivity contribution in [3.8, 4) is 0 Å². The fraction of sp³-hybridized carbons (Fsp3) is 0.435. The van der Waals surface area contributed by atoms with E-state index in [2.05, 4.69) is 73.8 Å². The van der Waals surface area contributed by atoms with Gasteiger partial charge in [-0.25, -0.2) is 0 Å². The molecule has 3 N–H and O–H groups in total. The summed E-state index contributed by atoms with van der Waals surface area (Å²) in [6.07, 6.45) is 3.08.